The van der Waals surface area contributed by atoms with E-state index >= 15 is 0 Å². The Bertz CT molecular complexity index is 822. The molecule has 7 nitrogen and oxygen atoms in total. The van der Waals surface area contributed by atoms with E-state index < -0.39 is 5.97 Å². The van der Waals surface area contributed by atoms with Gasteiger partial charge in [0.05, 0.1) is 24.3 Å². The lowest BCUT2D eigenvalue weighted by Crippen LogP contribution is -2.49. The fraction of sp³-hybridized carbons (Fsp3) is 0.368. The number of nitrogens with zero attached hydrogens (tertiary/aromatic N) is 2. The van der Waals surface area contributed by atoms with E-state index in [4.69, 9.17) is 25.9 Å². The molecular formula is C19H21ClN2O5. The predicted octanol–water partition coefficient (Wildman–Crippen LogP) is 2.46. The number of morpholine rings is 1. The number of hydrogen-bond donors (Lipinski definition) is 1. The lowest BCUT2D eigenvalue weighted by molar-refractivity contribution is -0.138. The molecule has 1 aromatic heterocycles. The second-order valence-electron chi connectivity index (χ2n) is 6.48. The van der Waals surface area contributed by atoms with Gasteiger partial charge in [-0.25, -0.2) is 0 Å². The van der Waals surface area contributed by atoms with Crippen molar-refractivity contribution in [2.24, 2.45) is 0 Å². The van der Waals surface area contributed by atoms with Gasteiger partial charge in [0.25, 0.3) is 5.91 Å². The van der Waals surface area contributed by atoms with Crippen molar-refractivity contribution in [2.45, 2.75) is 6.10 Å². The fourth-order valence-corrected chi connectivity index (χ4v) is 3.30. The molecule has 0 radical (unpaired) electrons. The van der Waals surface area contributed by atoms with Gasteiger partial charge in [-0.05, 0) is 31.3 Å². The van der Waals surface area contributed by atoms with Crippen LogP contribution in [0, 0.1) is 0 Å². The second kappa shape index (κ2) is 8.56. The Kier molecular flexibility index (Phi) is 6.15. The van der Waals surface area contributed by atoms with E-state index in [1.807, 2.05) is 18.2 Å². The molecule has 27 heavy (non-hydrogen) atoms. The molecule has 1 aliphatic heterocycles. The number of halogens is 1. The topological polar surface area (TPSA) is 83.2 Å². The molecule has 1 fully saturated rings. The Morgan fingerprint density at radius 1 is 1.30 bits per heavy atom. The van der Waals surface area contributed by atoms with Gasteiger partial charge < -0.3 is 19.2 Å². The normalized spacial score (nSPS) is 17.3. The third kappa shape index (κ3) is 4.88. The molecule has 2 heterocycles. The van der Waals surface area contributed by atoms with Gasteiger partial charge in [-0.15, -0.1) is 0 Å². The van der Waals surface area contributed by atoms with Crippen molar-refractivity contribution < 1.29 is 23.8 Å². The van der Waals surface area contributed by atoms with Crippen molar-refractivity contribution in [3.63, 3.8) is 0 Å². The molecule has 8 heteroatoms. The SMILES string of the molecule is CN(CC(=O)O)CC1CN(C(=O)c2ccc(-c3ccccc3Cl)o2)CCO1. The minimum Gasteiger partial charge on any atom is -0.480 e. The van der Waals surface area contributed by atoms with Gasteiger partial charge in [0.1, 0.15) is 5.76 Å². The van der Waals surface area contributed by atoms with Crippen LogP contribution in [0.2, 0.25) is 5.02 Å². The number of carbonyl (C=O) groups is 2. The van der Waals surface area contributed by atoms with Gasteiger partial charge >= 0.3 is 5.97 Å². The monoisotopic (exact) mass is 392 g/mol. The number of furan rings is 1. The molecule has 2 aromatic rings. The molecule has 1 atom stereocenters. The largest absolute Gasteiger partial charge is 0.480 e. The zero-order valence-electron chi connectivity index (χ0n) is 14.9. The zero-order valence-corrected chi connectivity index (χ0v) is 15.7. The quantitative estimate of drug-likeness (QED) is 0.813. The summed E-state index contributed by atoms with van der Waals surface area (Å²) in [5, 5.41) is 9.40. The van der Waals surface area contributed by atoms with Gasteiger partial charge in [-0.2, -0.15) is 0 Å². The van der Waals surface area contributed by atoms with Crippen LogP contribution in [0.3, 0.4) is 0 Å². The van der Waals surface area contributed by atoms with Gasteiger partial charge in [0.2, 0.25) is 0 Å². The van der Waals surface area contributed by atoms with Gasteiger partial charge in [-0.3, -0.25) is 14.5 Å². The minimum absolute atomic E-state index is 0.0762. The second-order valence-corrected chi connectivity index (χ2v) is 6.89. The molecule has 1 saturated heterocycles. The molecule has 0 saturated carbocycles. The molecule has 144 valence electrons. The standard InChI is InChI=1S/C19H21ClN2O5/c1-21(12-18(23)24)10-13-11-22(8-9-26-13)19(25)17-7-6-16(27-17)14-4-2-3-5-15(14)20/h2-7,13H,8-12H2,1H3,(H,23,24). The van der Waals surface area contributed by atoms with Crippen molar-refractivity contribution in [2.75, 3.05) is 39.8 Å². The summed E-state index contributed by atoms with van der Waals surface area (Å²) in [6.45, 7) is 1.59. The summed E-state index contributed by atoms with van der Waals surface area (Å²) in [6.07, 6.45) is -0.245. The van der Waals surface area contributed by atoms with E-state index in [2.05, 4.69) is 0 Å². The minimum atomic E-state index is -0.899. The summed E-state index contributed by atoms with van der Waals surface area (Å²) in [6, 6.07) is 10.6. The Balaban J connectivity index is 1.65. The molecule has 1 aromatic carbocycles. The smallest absolute Gasteiger partial charge is 0.317 e. The highest BCUT2D eigenvalue weighted by molar-refractivity contribution is 6.33. The van der Waals surface area contributed by atoms with Crippen molar-refractivity contribution >= 4 is 23.5 Å². The van der Waals surface area contributed by atoms with E-state index in [0.717, 1.165) is 5.56 Å². The number of carboxylic acid groups (broad SMARTS) is 1. The number of rotatable bonds is 6. The van der Waals surface area contributed by atoms with Crippen LogP contribution in [-0.2, 0) is 9.53 Å². The third-order valence-electron chi connectivity index (χ3n) is 4.30. The molecule has 0 bridgehead atoms. The van der Waals surface area contributed by atoms with Crippen LogP contribution in [0.15, 0.2) is 40.8 Å². The van der Waals surface area contributed by atoms with Crippen molar-refractivity contribution in [3.8, 4) is 11.3 Å². The average molecular weight is 393 g/mol. The zero-order chi connectivity index (χ0) is 19.4. The molecule has 1 unspecified atom stereocenters. The van der Waals surface area contributed by atoms with Crippen LogP contribution in [-0.4, -0.2) is 72.7 Å². The van der Waals surface area contributed by atoms with Gasteiger partial charge in [0.15, 0.2) is 5.76 Å². The van der Waals surface area contributed by atoms with Crippen LogP contribution in [0.25, 0.3) is 11.3 Å². The van der Waals surface area contributed by atoms with E-state index in [1.54, 1.807) is 35.0 Å². The molecule has 0 spiro atoms. The highest BCUT2D eigenvalue weighted by Gasteiger charge is 2.28. The maximum Gasteiger partial charge on any atom is 0.317 e. The first-order valence-electron chi connectivity index (χ1n) is 8.60. The maximum absolute atomic E-state index is 12.8. The first-order valence-corrected chi connectivity index (χ1v) is 8.98. The highest BCUT2D eigenvalue weighted by atomic mass is 35.5. The molecule has 1 N–H and O–H groups in total. The summed E-state index contributed by atoms with van der Waals surface area (Å²) in [4.78, 5) is 26.9. The molecule has 1 amide bonds. The Labute approximate surface area is 162 Å². The van der Waals surface area contributed by atoms with E-state index in [0.29, 0.717) is 37.0 Å². The number of amides is 1. The van der Waals surface area contributed by atoms with Gasteiger partial charge in [0, 0.05) is 25.2 Å². The molecule has 1 aliphatic rings. The summed E-state index contributed by atoms with van der Waals surface area (Å²) in [5.74, 6) is -0.342. The number of benzene rings is 1. The Morgan fingerprint density at radius 2 is 2.07 bits per heavy atom. The molecular weight excluding hydrogens is 372 g/mol. The predicted molar refractivity (Wildman–Crippen MR) is 99.9 cm³/mol. The van der Waals surface area contributed by atoms with Crippen LogP contribution in [0.4, 0.5) is 0 Å². The van der Waals surface area contributed by atoms with Crippen LogP contribution >= 0.6 is 11.6 Å². The number of hydrogen-bond acceptors (Lipinski definition) is 5. The van der Waals surface area contributed by atoms with Crippen molar-refractivity contribution in [1.29, 1.82) is 0 Å². The van der Waals surface area contributed by atoms with E-state index in [9.17, 15) is 9.59 Å². The van der Waals surface area contributed by atoms with Gasteiger partial charge in [-0.1, -0.05) is 23.7 Å². The van der Waals surface area contributed by atoms with Crippen molar-refractivity contribution in [1.82, 2.24) is 9.80 Å². The molecule has 0 aliphatic carbocycles. The first-order chi connectivity index (χ1) is 12.9. The first kappa shape index (κ1) is 19.4. The fourth-order valence-electron chi connectivity index (χ4n) is 3.07. The number of carbonyl (C=O) groups excluding carboxylic acids is 1. The summed E-state index contributed by atoms with van der Waals surface area (Å²) >= 11 is 6.18. The lowest BCUT2D eigenvalue weighted by Gasteiger charge is -2.34. The summed E-state index contributed by atoms with van der Waals surface area (Å²) in [7, 11) is 1.71. The summed E-state index contributed by atoms with van der Waals surface area (Å²) < 4.78 is 11.4. The number of likely N-dealkylation sites (N-methyl/N-ethyl adjacent to an activating group) is 1. The van der Waals surface area contributed by atoms with E-state index in [1.165, 1.54) is 0 Å². The third-order valence-corrected chi connectivity index (χ3v) is 4.63. The number of carboxylic acids is 1. The number of ether oxygens (including phenoxy) is 1. The highest BCUT2D eigenvalue weighted by Crippen LogP contribution is 2.29. The maximum atomic E-state index is 12.8. The lowest BCUT2D eigenvalue weighted by atomic mass is 10.2. The van der Waals surface area contributed by atoms with Crippen molar-refractivity contribution in [3.05, 3.63) is 47.2 Å². The Morgan fingerprint density at radius 3 is 2.81 bits per heavy atom. The van der Waals surface area contributed by atoms with E-state index in [-0.39, 0.29) is 24.3 Å². The summed E-state index contributed by atoms with van der Waals surface area (Å²) in [5.41, 5.74) is 0.730. The molecule has 3 rings (SSSR count). The average Bonchev–Trinajstić information content (AvgIpc) is 3.10. The number of aliphatic carboxylic acids is 1. The van der Waals surface area contributed by atoms with Crippen LogP contribution in [0.1, 0.15) is 10.6 Å². The van der Waals surface area contributed by atoms with Crippen LogP contribution < -0.4 is 0 Å². The Hall–Kier alpha value is -2.35. The van der Waals surface area contributed by atoms with Crippen LogP contribution in [0.5, 0.6) is 0 Å².